The Morgan fingerprint density at radius 2 is 1.29 bits per heavy atom. The fraction of sp³-hybridized carbons (Fsp3) is 0.250. The zero-order valence-electron chi connectivity index (χ0n) is 10.8. The molecule has 0 saturated heterocycles. The first-order chi connectivity index (χ1) is 8.18. The predicted molar refractivity (Wildman–Crippen MR) is 81.6 cm³/mol. The second-order valence-corrected chi connectivity index (χ2v) is 8.99. The summed E-state index contributed by atoms with van der Waals surface area (Å²) in [6.07, 6.45) is 6.16. The smallest absolute Gasteiger partial charge is 0.0977 e. The molecule has 0 amide bonds. The van der Waals surface area contributed by atoms with Gasteiger partial charge in [0.25, 0.3) is 0 Å². The Bertz CT molecular complexity index is 360. The molecule has 0 N–H and O–H groups in total. The molecule has 0 bridgehead atoms. The van der Waals surface area contributed by atoms with Crippen molar-refractivity contribution in [2.45, 2.75) is 25.1 Å². The van der Waals surface area contributed by atoms with Crippen LogP contribution >= 0.6 is 0 Å². The van der Waals surface area contributed by atoms with Gasteiger partial charge in [-0.3, -0.25) is 0 Å². The van der Waals surface area contributed by atoms with Crippen molar-refractivity contribution in [3.05, 3.63) is 67.8 Å². The molecule has 0 radical (unpaired) electrons. The third kappa shape index (κ3) is 3.30. The van der Waals surface area contributed by atoms with Gasteiger partial charge in [0.15, 0.2) is 0 Å². The van der Waals surface area contributed by atoms with Crippen molar-refractivity contribution >= 4 is 13.3 Å². The predicted octanol–water partition coefficient (Wildman–Crippen LogP) is 4.21. The molecule has 90 valence electrons. The van der Waals surface area contributed by atoms with Crippen molar-refractivity contribution in [3.63, 3.8) is 0 Å². The van der Waals surface area contributed by atoms with E-state index in [0.717, 1.165) is 18.1 Å². The topological polar surface area (TPSA) is 0 Å². The van der Waals surface area contributed by atoms with E-state index in [-0.39, 0.29) is 0 Å². The summed E-state index contributed by atoms with van der Waals surface area (Å²) in [6, 6.07) is 12.2. The standard InChI is InChI=1S/C16H22Si/c1-5-12-17(13-6-2,14-7-3)16-10-8-15(4)9-11-16/h5-11H,1-3,12-14H2,4H3. The minimum Gasteiger partial charge on any atom is -0.103 e. The van der Waals surface area contributed by atoms with Gasteiger partial charge in [0.1, 0.15) is 0 Å². The first-order valence-electron chi connectivity index (χ1n) is 6.08. The average molecular weight is 242 g/mol. The van der Waals surface area contributed by atoms with Gasteiger partial charge in [-0.2, -0.15) is 0 Å². The first kappa shape index (κ1) is 13.7. The SMILES string of the molecule is C=CC[Si](CC=C)(CC=C)c1ccc(C)cc1. The number of hydrogen-bond donors (Lipinski definition) is 0. The number of aryl methyl sites for hydroxylation is 1. The second-order valence-electron chi connectivity index (χ2n) is 4.62. The molecule has 17 heavy (non-hydrogen) atoms. The molecule has 0 aliphatic carbocycles. The lowest BCUT2D eigenvalue weighted by atomic mass is 10.2. The molecule has 0 aromatic heterocycles. The van der Waals surface area contributed by atoms with Crippen molar-refractivity contribution in [3.8, 4) is 0 Å². The molecule has 0 atom stereocenters. The van der Waals surface area contributed by atoms with Gasteiger partial charge < -0.3 is 0 Å². The van der Waals surface area contributed by atoms with Crippen LogP contribution in [0, 0.1) is 6.92 Å². The summed E-state index contributed by atoms with van der Waals surface area (Å²) in [6.45, 7) is 13.9. The van der Waals surface area contributed by atoms with Gasteiger partial charge in [-0.15, -0.1) is 19.7 Å². The lowest BCUT2D eigenvalue weighted by molar-refractivity contribution is 1.37. The van der Waals surface area contributed by atoms with Gasteiger partial charge in [-0.25, -0.2) is 0 Å². The Kier molecular flexibility index (Phi) is 5.17. The van der Waals surface area contributed by atoms with E-state index in [4.69, 9.17) is 0 Å². The van der Waals surface area contributed by atoms with E-state index in [1.807, 2.05) is 0 Å². The molecule has 0 fully saturated rings. The zero-order valence-corrected chi connectivity index (χ0v) is 11.8. The lowest BCUT2D eigenvalue weighted by Crippen LogP contribution is -2.46. The monoisotopic (exact) mass is 242 g/mol. The molecule has 1 aromatic carbocycles. The Morgan fingerprint density at radius 1 is 0.882 bits per heavy atom. The average Bonchev–Trinajstić information content (AvgIpc) is 2.30. The van der Waals surface area contributed by atoms with E-state index >= 15 is 0 Å². The summed E-state index contributed by atoms with van der Waals surface area (Å²) >= 11 is 0. The molecule has 0 heterocycles. The Morgan fingerprint density at radius 3 is 1.65 bits per heavy atom. The highest BCUT2D eigenvalue weighted by molar-refractivity contribution is 6.92. The second kappa shape index (κ2) is 6.41. The van der Waals surface area contributed by atoms with Crippen molar-refractivity contribution < 1.29 is 0 Å². The third-order valence-electron chi connectivity index (χ3n) is 3.27. The van der Waals surface area contributed by atoms with E-state index in [0.29, 0.717) is 0 Å². The first-order valence-corrected chi connectivity index (χ1v) is 8.70. The maximum Gasteiger partial charge on any atom is 0.0977 e. The van der Waals surface area contributed by atoms with Gasteiger partial charge >= 0.3 is 0 Å². The largest absolute Gasteiger partial charge is 0.103 e. The van der Waals surface area contributed by atoms with Gasteiger partial charge in [0.2, 0.25) is 0 Å². The van der Waals surface area contributed by atoms with E-state index in [1.165, 1.54) is 10.8 Å². The summed E-state index contributed by atoms with van der Waals surface area (Å²) in [5.74, 6) is 0. The Hall–Kier alpha value is -1.34. The molecular weight excluding hydrogens is 220 g/mol. The fourth-order valence-corrected chi connectivity index (χ4v) is 6.08. The minimum absolute atomic E-state index is 1.09. The molecule has 0 aliphatic rings. The van der Waals surface area contributed by atoms with Crippen molar-refractivity contribution in [1.29, 1.82) is 0 Å². The summed E-state index contributed by atoms with van der Waals surface area (Å²) in [7, 11) is -1.55. The van der Waals surface area contributed by atoms with Crippen molar-refractivity contribution in [1.82, 2.24) is 0 Å². The van der Waals surface area contributed by atoms with Crippen LogP contribution in [0.4, 0.5) is 0 Å². The van der Waals surface area contributed by atoms with E-state index in [1.54, 1.807) is 0 Å². The number of allylic oxidation sites excluding steroid dienone is 3. The quantitative estimate of drug-likeness (QED) is 0.496. The van der Waals surface area contributed by atoms with Crippen LogP contribution in [0.2, 0.25) is 18.1 Å². The summed E-state index contributed by atoms with van der Waals surface area (Å²) in [5, 5.41) is 1.49. The molecule has 0 spiro atoms. The highest BCUT2D eigenvalue weighted by atomic mass is 28.3. The van der Waals surface area contributed by atoms with Crippen LogP contribution in [-0.2, 0) is 0 Å². The van der Waals surface area contributed by atoms with Crippen LogP contribution in [0.1, 0.15) is 5.56 Å². The highest BCUT2D eigenvalue weighted by Gasteiger charge is 2.30. The highest BCUT2D eigenvalue weighted by Crippen LogP contribution is 2.23. The van der Waals surface area contributed by atoms with E-state index in [9.17, 15) is 0 Å². The van der Waals surface area contributed by atoms with Crippen LogP contribution in [0.3, 0.4) is 0 Å². The van der Waals surface area contributed by atoms with Crippen LogP contribution in [0.15, 0.2) is 62.2 Å². The Labute approximate surface area is 106 Å². The molecule has 0 aliphatic heterocycles. The van der Waals surface area contributed by atoms with Crippen LogP contribution in [0.25, 0.3) is 0 Å². The van der Waals surface area contributed by atoms with Crippen LogP contribution < -0.4 is 5.19 Å². The summed E-state index contributed by atoms with van der Waals surface area (Å²) < 4.78 is 0. The molecule has 0 unspecified atom stereocenters. The summed E-state index contributed by atoms with van der Waals surface area (Å²) in [5.41, 5.74) is 1.31. The normalized spacial score (nSPS) is 10.9. The van der Waals surface area contributed by atoms with Gasteiger partial charge in [0.05, 0.1) is 8.07 Å². The molecule has 1 rings (SSSR count). The van der Waals surface area contributed by atoms with E-state index in [2.05, 4.69) is 69.2 Å². The fourth-order valence-electron chi connectivity index (χ4n) is 2.34. The van der Waals surface area contributed by atoms with Crippen molar-refractivity contribution in [2.24, 2.45) is 0 Å². The van der Waals surface area contributed by atoms with Crippen molar-refractivity contribution in [2.75, 3.05) is 0 Å². The number of hydrogen-bond acceptors (Lipinski definition) is 0. The van der Waals surface area contributed by atoms with Gasteiger partial charge in [-0.05, 0) is 25.1 Å². The van der Waals surface area contributed by atoms with Crippen LogP contribution in [0.5, 0.6) is 0 Å². The van der Waals surface area contributed by atoms with Gasteiger partial charge in [-0.1, -0.05) is 53.2 Å². The maximum atomic E-state index is 3.92. The maximum absolute atomic E-state index is 3.92. The molecule has 1 heteroatoms. The molecule has 1 aromatic rings. The number of rotatable bonds is 7. The zero-order chi connectivity index (χ0) is 12.7. The summed E-state index contributed by atoms with van der Waals surface area (Å²) in [4.78, 5) is 0. The minimum atomic E-state index is -1.55. The van der Waals surface area contributed by atoms with Crippen LogP contribution in [-0.4, -0.2) is 8.07 Å². The molecule has 0 saturated carbocycles. The van der Waals surface area contributed by atoms with Gasteiger partial charge in [0, 0.05) is 0 Å². The van der Waals surface area contributed by atoms with E-state index < -0.39 is 8.07 Å². The molecule has 0 nitrogen and oxygen atoms in total. The molecular formula is C16H22Si. The Balaban J connectivity index is 3.17. The number of benzene rings is 1. The lowest BCUT2D eigenvalue weighted by Gasteiger charge is -2.29. The third-order valence-corrected chi connectivity index (χ3v) is 8.04.